The predicted octanol–water partition coefficient (Wildman–Crippen LogP) is 12.7. The molecule has 2 heterocycles. The van der Waals surface area contributed by atoms with E-state index in [4.69, 9.17) is 18.9 Å². The highest BCUT2D eigenvalue weighted by atomic mass is 16.7. The third kappa shape index (κ3) is 37.2. The number of aliphatic hydroxyl groups is 8. The van der Waals surface area contributed by atoms with Crippen molar-refractivity contribution in [3.63, 3.8) is 0 Å². The molecular formula is C67H123NO13. The summed E-state index contributed by atoms with van der Waals surface area (Å²) in [6.45, 7) is 2.77. The summed E-state index contributed by atoms with van der Waals surface area (Å²) in [6.07, 6.45) is 50.3. The number of nitrogens with one attached hydrogen (secondary N) is 1. The van der Waals surface area contributed by atoms with Gasteiger partial charge < -0.3 is 65.1 Å². The van der Waals surface area contributed by atoms with Gasteiger partial charge in [0.1, 0.15) is 48.8 Å². The van der Waals surface area contributed by atoms with Gasteiger partial charge in [-0.3, -0.25) is 4.79 Å². The second kappa shape index (κ2) is 52.3. The Morgan fingerprint density at radius 2 is 0.827 bits per heavy atom. The molecule has 0 aromatic rings. The Balaban J connectivity index is 1.70. The van der Waals surface area contributed by atoms with E-state index in [9.17, 15) is 45.6 Å². The number of aliphatic hydroxyl groups excluding tert-OH is 8. The van der Waals surface area contributed by atoms with E-state index in [0.717, 1.165) is 51.4 Å². The van der Waals surface area contributed by atoms with E-state index in [1.807, 2.05) is 6.08 Å². The van der Waals surface area contributed by atoms with Crippen molar-refractivity contribution >= 4 is 5.91 Å². The topological polar surface area (TPSA) is 228 Å². The van der Waals surface area contributed by atoms with E-state index in [1.54, 1.807) is 6.08 Å². The molecular weight excluding hydrogens is 1030 g/mol. The number of rotatable bonds is 54. The minimum atomic E-state index is -1.79. The zero-order chi connectivity index (χ0) is 58.8. The third-order valence-corrected chi connectivity index (χ3v) is 16.2. The Kier molecular flexibility index (Phi) is 48.5. The van der Waals surface area contributed by atoms with Gasteiger partial charge in [-0.05, 0) is 64.2 Å². The lowest BCUT2D eigenvalue weighted by Crippen LogP contribution is -2.65. The minimum Gasteiger partial charge on any atom is -0.394 e. The SMILES string of the molecule is CCCCC/C=C\C/C=C\CCCCCCCCCC(=O)NC(COC1OC(CO)C(OC2OC(CO)C(O)C(O)C2O)C(O)C1O)C(O)/C=C/CC/C=C/CCCCCCCCCCCCCCCCCCCCCCCCCC. The van der Waals surface area contributed by atoms with Crippen molar-refractivity contribution in [3.8, 4) is 0 Å². The number of hydrogen-bond acceptors (Lipinski definition) is 13. The van der Waals surface area contributed by atoms with Crippen LogP contribution in [0.5, 0.6) is 0 Å². The number of allylic oxidation sites excluding steroid dienone is 7. The molecule has 2 fully saturated rings. The van der Waals surface area contributed by atoms with Crippen LogP contribution >= 0.6 is 0 Å². The molecule has 0 aromatic heterocycles. The van der Waals surface area contributed by atoms with Crippen LogP contribution in [0, 0.1) is 0 Å². The van der Waals surface area contributed by atoms with Crippen molar-refractivity contribution < 1.29 is 64.6 Å². The fraction of sp³-hybridized carbons (Fsp3) is 0.866. The molecule has 0 aromatic carbocycles. The summed E-state index contributed by atoms with van der Waals surface area (Å²) in [6, 6.07) is -0.938. The monoisotopic (exact) mass is 1150 g/mol. The Hall–Kier alpha value is -2.05. The van der Waals surface area contributed by atoms with Crippen LogP contribution in [0.25, 0.3) is 0 Å². The first-order valence-electron chi connectivity index (χ1n) is 33.4. The van der Waals surface area contributed by atoms with E-state index >= 15 is 0 Å². The van der Waals surface area contributed by atoms with Gasteiger partial charge in [-0.1, -0.05) is 255 Å². The molecule has 1 amide bonds. The van der Waals surface area contributed by atoms with Crippen molar-refractivity contribution in [2.45, 2.75) is 351 Å². The highest BCUT2D eigenvalue weighted by molar-refractivity contribution is 5.76. The molecule has 9 N–H and O–H groups in total. The first-order chi connectivity index (χ1) is 39.6. The van der Waals surface area contributed by atoms with Gasteiger partial charge in [0.15, 0.2) is 12.6 Å². The third-order valence-electron chi connectivity index (χ3n) is 16.2. The van der Waals surface area contributed by atoms with Crippen LogP contribution in [0.15, 0.2) is 48.6 Å². The largest absolute Gasteiger partial charge is 0.394 e. The molecule has 81 heavy (non-hydrogen) atoms. The lowest BCUT2D eigenvalue weighted by atomic mass is 9.97. The molecule has 0 saturated carbocycles. The van der Waals surface area contributed by atoms with Gasteiger partial charge in [0, 0.05) is 6.42 Å². The fourth-order valence-corrected chi connectivity index (χ4v) is 10.9. The summed E-state index contributed by atoms with van der Waals surface area (Å²) in [5.74, 6) is -0.256. The maximum atomic E-state index is 13.3. The van der Waals surface area contributed by atoms with Crippen LogP contribution in [0.3, 0.4) is 0 Å². The van der Waals surface area contributed by atoms with E-state index < -0.39 is 86.8 Å². The number of amides is 1. The molecule has 474 valence electrons. The molecule has 12 atom stereocenters. The molecule has 2 aliphatic heterocycles. The maximum absolute atomic E-state index is 13.3. The van der Waals surface area contributed by atoms with Gasteiger partial charge in [0.2, 0.25) is 5.91 Å². The molecule has 0 spiro atoms. The number of hydrogen-bond donors (Lipinski definition) is 9. The molecule has 0 aliphatic carbocycles. The summed E-state index contributed by atoms with van der Waals surface area (Å²) in [7, 11) is 0. The molecule has 2 aliphatic rings. The summed E-state index contributed by atoms with van der Waals surface area (Å²) >= 11 is 0. The first-order valence-corrected chi connectivity index (χ1v) is 33.4. The summed E-state index contributed by atoms with van der Waals surface area (Å²) in [5, 5.41) is 87.2. The molecule has 12 unspecified atom stereocenters. The van der Waals surface area contributed by atoms with E-state index in [-0.39, 0.29) is 18.9 Å². The second-order valence-electron chi connectivity index (χ2n) is 23.6. The lowest BCUT2D eigenvalue weighted by Gasteiger charge is -2.46. The predicted molar refractivity (Wildman–Crippen MR) is 327 cm³/mol. The van der Waals surface area contributed by atoms with Crippen LogP contribution in [0.2, 0.25) is 0 Å². The second-order valence-corrected chi connectivity index (χ2v) is 23.6. The normalized spacial score (nSPS) is 24.4. The van der Waals surface area contributed by atoms with E-state index in [0.29, 0.717) is 12.8 Å². The lowest BCUT2D eigenvalue weighted by molar-refractivity contribution is -0.359. The Bertz CT molecular complexity index is 1540. The van der Waals surface area contributed by atoms with Gasteiger partial charge in [-0.15, -0.1) is 0 Å². The van der Waals surface area contributed by atoms with E-state index in [2.05, 4.69) is 55.6 Å². The zero-order valence-corrected chi connectivity index (χ0v) is 51.3. The quantitative estimate of drug-likeness (QED) is 0.0204. The molecule has 0 radical (unpaired) electrons. The van der Waals surface area contributed by atoms with Crippen molar-refractivity contribution in [2.75, 3.05) is 19.8 Å². The smallest absolute Gasteiger partial charge is 0.220 e. The Morgan fingerprint density at radius 3 is 1.31 bits per heavy atom. The zero-order valence-electron chi connectivity index (χ0n) is 51.3. The van der Waals surface area contributed by atoms with Gasteiger partial charge >= 0.3 is 0 Å². The van der Waals surface area contributed by atoms with Crippen molar-refractivity contribution in [1.29, 1.82) is 0 Å². The number of carbonyl (C=O) groups is 1. The summed E-state index contributed by atoms with van der Waals surface area (Å²) in [4.78, 5) is 13.3. The molecule has 2 rings (SSSR count). The molecule has 0 bridgehead atoms. The molecule has 14 nitrogen and oxygen atoms in total. The number of ether oxygens (including phenoxy) is 4. The number of carbonyl (C=O) groups excluding carboxylic acids is 1. The van der Waals surface area contributed by atoms with Gasteiger partial charge in [-0.2, -0.15) is 0 Å². The highest BCUT2D eigenvalue weighted by Gasteiger charge is 2.51. The van der Waals surface area contributed by atoms with Crippen molar-refractivity contribution in [3.05, 3.63) is 48.6 Å². The Labute approximate surface area is 493 Å². The minimum absolute atomic E-state index is 0.256. The van der Waals surface area contributed by atoms with Crippen LogP contribution < -0.4 is 5.32 Å². The van der Waals surface area contributed by atoms with Crippen LogP contribution in [0.4, 0.5) is 0 Å². The van der Waals surface area contributed by atoms with Gasteiger partial charge in [0.25, 0.3) is 0 Å². The molecule has 14 heteroatoms. The van der Waals surface area contributed by atoms with Gasteiger partial charge in [-0.25, -0.2) is 0 Å². The average Bonchev–Trinajstić information content (AvgIpc) is 3.47. The summed E-state index contributed by atoms with van der Waals surface area (Å²) < 4.78 is 22.8. The van der Waals surface area contributed by atoms with Crippen molar-refractivity contribution in [2.24, 2.45) is 0 Å². The van der Waals surface area contributed by atoms with E-state index in [1.165, 1.54) is 193 Å². The Morgan fingerprint density at radius 1 is 0.444 bits per heavy atom. The highest BCUT2D eigenvalue weighted by Crippen LogP contribution is 2.30. The van der Waals surface area contributed by atoms with Crippen molar-refractivity contribution in [1.82, 2.24) is 5.32 Å². The average molecular weight is 1150 g/mol. The molecule has 2 saturated heterocycles. The summed E-state index contributed by atoms with van der Waals surface area (Å²) in [5.41, 5.74) is 0. The van der Waals surface area contributed by atoms with Crippen LogP contribution in [-0.4, -0.2) is 140 Å². The van der Waals surface area contributed by atoms with Gasteiger partial charge in [0.05, 0.1) is 32.0 Å². The fourth-order valence-electron chi connectivity index (χ4n) is 10.9. The standard InChI is InChI=1S/C67H123NO13/c1-3-5-7-9-11-13-15-17-19-21-22-23-24-25-26-27-28-29-30-31-32-33-35-36-38-40-42-44-46-48-50-56(71)55(68-59(72)51-49-47-45-43-41-39-37-34-20-18-16-14-12-10-8-6-4-2)54-78-66-64(77)62(75)65(58(53-70)80-66)81-67-63(76)61(74)60(73)57(52-69)79-67/h12,14,18,20,40,42,48,50,55-58,60-67,69-71,73-77H,3-11,13,15-17,19,21-39,41,43-47,49,51-54H2,1-2H3,(H,68,72)/b14-12-,20-18-,42-40+,50-48+. The van der Waals surface area contributed by atoms with Crippen LogP contribution in [-0.2, 0) is 23.7 Å². The number of unbranched alkanes of at least 4 members (excludes halogenated alkanes) is 35. The first kappa shape index (κ1) is 75.0. The van der Waals surface area contributed by atoms with Crippen LogP contribution in [0.1, 0.15) is 277 Å². The maximum Gasteiger partial charge on any atom is 0.220 e.